The van der Waals surface area contributed by atoms with Crippen LogP contribution in [0.5, 0.6) is 5.75 Å². The van der Waals surface area contributed by atoms with Gasteiger partial charge in [0.25, 0.3) is 5.91 Å². The van der Waals surface area contributed by atoms with E-state index in [0.29, 0.717) is 11.4 Å². The van der Waals surface area contributed by atoms with E-state index >= 15 is 0 Å². The SMILES string of the molecule is CC(NC(=O)CCc1ncc(-c2ccc(F)cc2F)o1)c1ccc2c(c1)NC(=O)CO2. The monoisotopic (exact) mass is 427 g/mol. The van der Waals surface area contributed by atoms with Crippen LogP contribution in [0.3, 0.4) is 0 Å². The number of hydrogen-bond acceptors (Lipinski definition) is 5. The van der Waals surface area contributed by atoms with Crippen molar-refractivity contribution in [2.24, 2.45) is 0 Å². The number of ether oxygens (including phenoxy) is 1. The number of nitrogens with zero attached hydrogens (tertiary/aromatic N) is 1. The van der Waals surface area contributed by atoms with Gasteiger partial charge in [-0.1, -0.05) is 6.07 Å². The van der Waals surface area contributed by atoms with Crippen LogP contribution >= 0.6 is 0 Å². The number of carbonyl (C=O) groups is 2. The van der Waals surface area contributed by atoms with Crippen LogP contribution in [-0.2, 0) is 16.0 Å². The Bertz CT molecular complexity index is 1150. The Morgan fingerprint density at radius 2 is 2.10 bits per heavy atom. The molecule has 7 nitrogen and oxygen atoms in total. The third kappa shape index (κ3) is 4.71. The maximum absolute atomic E-state index is 13.9. The summed E-state index contributed by atoms with van der Waals surface area (Å²) in [7, 11) is 0. The van der Waals surface area contributed by atoms with Crippen LogP contribution in [0.25, 0.3) is 11.3 Å². The number of nitrogens with one attached hydrogen (secondary N) is 2. The minimum absolute atomic E-state index is 0.0189. The normalized spacial score (nSPS) is 13.7. The molecule has 4 rings (SSSR count). The second-order valence-electron chi connectivity index (χ2n) is 7.12. The van der Waals surface area contributed by atoms with Crippen molar-refractivity contribution in [3.8, 4) is 17.1 Å². The molecule has 0 spiro atoms. The highest BCUT2D eigenvalue weighted by Gasteiger charge is 2.19. The van der Waals surface area contributed by atoms with Crippen LogP contribution < -0.4 is 15.4 Å². The standard InChI is InChI=1S/C22H19F2N3O4/c1-12(13-2-5-18-17(8-13)27-21(29)11-30-18)26-20(28)6-7-22-25-10-19(31-22)15-4-3-14(23)9-16(15)24/h2-5,8-10,12H,6-7,11H2,1H3,(H,26,28)(H,27,29). The fraction of sp³-hybridized carbons (Fsp3) is 0.227. The molecule has 3 aromatic rings. The van der Waals surface area contributed by atoms with E-state index in [1.807, 2.05) is 13.0 Å². The summed E-state index contributed by atoms with van der Waals surface area (Å²) >= 11 is 0. The average Bonchev–Trinajstić information content (AvgIpc) is 3.20. The lowest BCUT2D eigenvalue weighted by molar-refractivity contribution is -0.122. The van der Waals surface area contributed by atoms with E-state index in [-0.39, 0.29) is 54.5 Å². The molecule has 1 unspecified atom stereocenters. The Kier molecular flexibility index (Phi) is 5.66. The molecule has 31 heavy (non-hydrogen) atoms. The van der Waals surface area contributed by atoms with E-state index in [9.17, 15) is 18.4 Å². The van der Waals surface area contributed by atoms with E-state index in [2.05, 4.69) is 15.6 Å². The lowest BCUT2D eigenvalue weighted by Crippen LogP contribution is -2.28. The predicted octanol–water partition coefficient (Wildman–Crippen LogP) is 3.76. The quantitative estimate of drug-likeness (QED) is 0.625. The number of carbonyl (C=O) groups excluding carboxylic acids is 2. The Labute approximate surface area is 176 Å². The summed E-state index contributed by atoms with van der Waals surface area (Å²) in [6.07, 6.45) is 1.67. The molecule has 2 N–H and O–H groups in total. The molecule has 9 heteroatoms. The largest absolute Gasteiger partial charge is 0.482 e. The van der Waals surface area contributed by atoms with Gasteiger partial charge >= 0.3 is 0 Å². The van der Waals surface area contributed by atoms with Gasteiger partial charge in [0.2, 0.25) is 5.91 Å². The highest BCUT2D eigenvalue weighted by Crippen LogP contribution is 2.30. The number of amides is 2. The molecular formula is C22H19F2N3O4. The van der Waals surface area contributed by atoms with Crippen molar-refractivity contribution in [2.75, 3.05) is 11.9 Å². The van der Waals surface area contributed by atoms with Crippen LogP contribution in [0, 0.1) is 11.6 Å². The summed E-state index contributed by atoms with van der Waals surface area (Å²) in [4.78, 5) is 27.9. The van der Waals surface area contributed by atoms with Crippen molar-refractivity contribution in [1.82, 2.24) is 10.3 Å². The van der Waals surface area contributed by atoms with Crippen molar-refractivity contribution in [1.29, 1.82) is 0 Å². The number of hydrogen-bond donors (Lipinski definition) is 2. The van der Waals surface area contributed by atoms with Gasteiger partial charge in [-0.25, -0.2) is 13.8 Å². The van der Waals surface area contributed by atoms with Crippen molar-refractivity contribution in [2.45, 2.75) is 25.8 Å². The molecule has 2 heterocycles. The molecule has 1 aromatic heterocycles. The van der Waals surface area contributed by atoms with Gasteiger partial charge in [0, 0.05) is 18.9 Å². The maximum Gasteiger partial charge on any atom is 0.262 e. The molecule has 1 atom stereocenters. The Morgan fingerprint density at radius 3 is 2.90 bits per heavy atom. The van der Waals surface area contributed by atoms with Gasteiger partial charge in [0.05, 0.1) is 23.5 Å². The van der Waals surface area contributed by atoms with Gasteiger partial charge in [-0.05, 0) is 36.8 Å². The topological polar surface area (TPSA) is 93.5 Å². The van der Waals surface area contributed by atoms with Crippen LogP contribution in [0.1, 0.15) is 30.8 Å². The number of rotatable bonds is 6. The van der Waals surface area contributed by atoms with Gasteiger partial charge in [-0.15, -0.1) is 0 Å². The molecule has 160 valence electrons. The van der Waals surface area contributed by atoms with Crippen LogP contribution in [-0.4, -0.2) is 23.4 Å². The van der Waals surface area contributed by atoms with Gasteiger partial charge < -0.3 is 19.8 Å². The summed E-state index contributed by atoms with van der Waals surface area (Å²) in [5, 5.41) is 5.61. The zero-order valence-electron chi connectivity index (χ0n) is 16.6. The van der Waals surface area contributed by atoms with E-state index in [1.165, 1.54) is 12.3 Å². The first-order valence-corrected chi connectivity index (χ1v) is 9.65. The number of fused-ring (bicyclic) bond motifs is 1. The molecule has 0 fully saturated rings. The summed E-state index contributed by atoms with van der Waals surface area (Å²) in [5.74, 6) is -0.860. The Balaban J connectivity index is 1.34. The molecule has 0 saturated carbocycles. The van der Waals surface area contributed by atoms with Crippen LogP contribution in [0.15, 0.2) is 47.0 Å². The Hall–Kier alpha value is -3.75. The fourth-order valence-electron chi connectivity index (χ4n) is 3.23. The van der Waals surface area contributed by atoms with Crippen molar-refractivity contribution < 1.29 is 27.5 Å². The van der Waals surface area contributed by atoms with Gasteiger partial charge in [0.15, 0.2) is 18.3 Å². The highest BCUT2D eigenvalue weighted by atomic mass is 19.1. The zero-order valence-corrected chi connectivity index (χ0v) is 16.6. The minimum Gasteiger partial charge on any atom is -0.482 e. The smallest absolute Gasteiger partial charge is 0.262 e. The molecule has 0 saturated heterocycles. The van der Waals surface area contributed by atoms with E-state index < -0.39 is 11.6 Å². The number of benzene rings is 2. The van der Waals surface area contributed by atoms with Crippen molar-refractivity contribution >= 4 is 17.5 Å². The first kappa shape index (κ1) is 20.5. The molecule has 0 bridgehead atoms. The number of aryl methyl sites for hydroxylation is 1. The average molecular weight is 427 g/mol. The van der Waals surface area contributed by atoms with Gasteiger partial charge in [0.1, 0.15) is 17.4 Å². The molecule has 1 aliphatic heterocycles. The third-order valence-electron chi connectivity index (χ3n) is 4.83. The van der Waals surface area contributed by atoms with E-state index in [0.717, 1.165) is 17.7 Å². The molecule has 0 aliphatic carbocycles. The number of oxazole rings is 1. The van der Waals surface area contributed by atoms with E-state index in [4.69, 9.17) is 9.15 Å². The molecule has 0 radical (unpaired) electrons. The predicted molar refractivity (Wildman–Crippen MR) is 107 cm³/mol. The molecule has 2 amide bonds. The van der Waals surface area contributed by atoms with Crippen LogP contribution in [0.4, 0.5) is 14.5 Å². The third-order valence-corrected chi connectivity index (χ3v) is 4.83. The second-order valence-corrected chi connectivity index (χ2v) is 7.12. The first-order valence-electron chi connectivity index (χ1n) is 9.65. The molecule has 2 aromatic carbocycles. The summed E-state index contributed by atoms with van der Waals surface area (Å²) in [6.45, 7) is 1.81. The van der Waals surface area contributed by atoms with E-state index in [1.54, 1.807) is 12.1 Å². The lowest BCUT2D eigenvalue weighted by Gasteiger charge is -2.21. The minimum atomic E-state index is -0.749. The number of aromatic nitrogens is 1. The second kappa shape index (κ2) is 8.55. The maximum atomic E-state index is 13.9. The van der Waals surface area contributed by atoms with Crippen LogP contribution in [0.2, 0.25) is 0 Å². The zero-order chi connectivity index (χ0) is 22.0. The highest BCUT2D eigenvalue weighted by molar-refractivity contribution is 5.95. The van der Waals surface area contributed by atoms with Gasteiger partial charge in [-0.3, -0.25) is 9.59 Å². The fourth-order valence-corrected chi connectivity index (χ4v) is 3.23. The first-order chi connectivity index (χ1) is 14.9. The van der Waals surface area contributed by atoms with Crippen molar-refractivity contribution in [3.05, 3.63) is 65.7 Å². The summed E-state index contributed by atoms with van der Waals surface area (Å²) in [5.41, 5.74) is 1.47. The number of anilines is 1. The lowest BCUT2D eigenvalue weighted by atomic mass is 10.1. The molecule has 1 aliphatic rings. The van der Waals surface area contributed by atoms with Crippen molar-refractivity contribution in [3.63, 3.8) is 0 Å². The molecular weight excluding hydrogens is 408 g/mol. The Morgan fingerprint density at radius 1 is 1.26 bits per heavy atom. The van der Waals surface area contributed by atoms with Gasteiger partial charge in [-0.2, -0.15) is 0 Å². The number of halogens is 2. The summed E-state index contributed by atoms with van der Waals surface area (Å²) < 4.78 is 37.7. The summed E-state index contributed by atoms with van der Waals surface area (Å²) in [6, 6.07) is 8.20.